The van der Waals surface area contributed by atoms with Crippen LogP contribution in [0.5, 0.6) is 0 Å². The van der Waals surface area contributed by atoms with Gasteiger partial charge in [-0.3, -0.25) is 9.69 Å². The summed E-state index contributed by atoms with van der Waals surface area (Å²) in [7, 11) is 0. The lowest BCUT2D eigenvalue weighted by Crippen LogP contribution is -2.62. The SMILES string of the molecule is O=C1NC2(CCC2)C(=O)N1C12CC3CC(CC(C3)C1)C2. The second kappa shape index (κ2) is 3.40. The van der Waals surface area contributed by atoms with Crippen molar-refractivity contribution in [2.24, 2.45) is 17.8 Å². The molecule has 4 bridgehead atoms. The number of nitrogens with zero attached hydrogens (tertiary/aromatic N) is 1. The summed E-state index contributed by atoms with van der Waals surface area (Å²) in [5.74, 6) is 2.40. The van der Waals surface area contributed by atoms with Crippen molar-refractivity contribution in [3.63, 3.8) is 0 Å². The Morgan fingerprint density at radius 1 is 0.950 bits per heavy atom. The maximum absolute atomic E-state index is 12.9. The summed E-state index contributed by atoms with van der Waals surface area (Å²) in [6, 6.07) is -0.0864. The van der Waals surface area contributed by atoms with E-state index < -0.39 is 5.54 Å². The van der Waals surface area contributed by atoms with E-state index in [4.69, 9.17) is 0 Å². The van der Waals surface area contributed by atoms with E-state index in [1.165, 1.54) is 19.3 Å². The third-order valence-electron chi connectivity index (χ3n) is 6.85. The predicted octanol–water partition coefficient (Wildman–Crippen LogP) is 2.43. The van der Waals surface area contributed by atoms with Gasteiger partial charge < -0.3 is 5.32 Å². The van der Waals surface area contributed by atoms with Crippen molar-refractivity contribution in [2.45, 2.75) is 68.9 Å². The molecular formula is C16H22N2O2. The molecule has 0 aromatic heterocycles. The van der Waals surface area contributed by atoms with Gasteiger partial charge in [-0.1, -0.05) is 0 Å². The first-order valence-corrected chi connectivity index (χ1v) is 8.27. The van der Waals surface area contributed by atoms with Crippen LogP contribution in [0.2, 0.25) is 0 Å². The van der Waals surface area contributed by atoms with E-state index in [1.807, 2.05) is 0 Å². The molecule has 108 valence electrons. The Labute approximate surface area is 119 Å². The first kappa shape index (κ1) is 11.6. The molecule has 0 radical (unpaired) electrons. The van der Waals surface area contributed by atoms with Crippen molar-refractivity contribution >= 4 is 11.9 Å². The molecule has 0 atom stereocenters. The van der Waals surface area contributed by atoms with Crippen LogP contribution in [0.4, 0.5) is 4.79 Å². The molecule has 4 heteroatoms. The van der Waals surface area contributed by atoms with Gasteiger partial charge in [0.15, 0.2) is 0 Å². The highest BCUT2D eigenvalue weighted by atomic mass is 16.2. The molecule has 6 aliphatic rings. The first-order valence-electron chi connectivity index (χ1n) is 8.27. The lowest BCUT2D eigenvalue weighted by molar-refractivity contribution is -0.146. The summed E-state index contributed by atoms with van der Waals surface area (Å²) < 4.78 is 0. The standard InChI is InChI=1S/C16H22N2O2/c19-13-16(2-1-3-16)17-14(20)18(13)15-7-10-4-11(8-15)6-12(5-10)9-15/h10-12H,1-9H2,(H,17,20). The number of carbonyl (C=O) groups is 2. The minimum absolute atomic E-state index is 0.0864. The van der Waals surface area contributed by atoms with Crippen molar-refractivity contribution < 1.29 is 9.59 Å². The van der Waals surface area contributed by atoms with Crippen molar-refractivity contribution in [2.75, 3.05) is 0 Å². The van der Waals surface area contributed by atoms with E-state index in [1.54, 1.807) is 4.90 Å². The van der Waals surface area contributed by atoms with Crippen LogP contribution in [0.15, 0.2) is 0 Å². The van der Waals surface area contributed by atoms with Crippen molar-refractivity contribution in [3.05, 3.63) is 0 Å². The Balaban J connectivity index is 1.53. The number of amides is 3. The Bertz CT molecular complexity index is 473. The van der Waals surface area contributed by atoms with Crippen LogP contribution in [0.25, 0.3) is 0 Å². The van der Waals surface area contributed by atoms with Gasteiger partial charge in [0.05, 0.1) is 5.54 Å². The van der Waals surface area contributed by atoms with Gasteiger partial charge >= 0.3 is 6.03 Å². The van der Waals surface area contributed by atoms with E-state index >= 15 is 0 Å². The topological polar surface area (TPSA) is 49.4 Å². The normalized spacial score (nSPS) is 47.8. The molecule has 20 heavy (non-hydrogen) atoms. The third kappa shape index (κ3) is 1.24. The summed E-state index contributed by atoms with van der Waals surface area (Å²) in [5, 5.41) is 3.03. The van der Waals surface area contributed by atoms with E-state index in [9.17, 15) is 9.59 Å². The molecule has 0 aromatic carbocycles. The van der Waals surface area contributed by atoms with Gasteiger partial charge in [0, 0.05) is 0 Å². The van der Waals surface area contributed by atoms with E-state index in [0.717, 1.165) is 56.3 Å². The number of carbonyl (C=O) groups excluding carboxylic acids is 2. The Morgan fingerprint density at radius 2 is 1.50 bits per heavy atom. The number of hydrogen-bond donors (Lipinski definition) is 1. The van der Waals surface area contributed by atoms with Crippen molar-refractivity contribution in [3.8, 4) is 0 Å². The number of urea groups is 1. The van der Waals surface area contributed by atoms with Gasteiger partial charge in [-0.05, 0) is 75.5 Å². The third-order valence-corrected chi connectivity index (χ3v) is 6.85. The molecule has 5 saturated carbocycles. The smallest absolute Gasteiger partial charge is 0.323 e. The molecule has 1 N–H and O–H groups in total. The molecule has 1 aliphatic heterocycles. The highest BCUT2D eigenvalue weighted by molar-refractivity contribution is 6.08. The van der Waals surface area contributed by atoms with E-state index in [2.05, 4.69) is 5.32 Å². The maximum atomic E-state index is 12.9. The number of imide groups is 1. The summed E-state index contributed by atoms with van der Waals surface area (Å²) in [6.07, 6.45) is 10.0. The average Bonchev–Trinajstić information content (AvgIpc) is 2.59. The lowest BCUT2D eigenvalue weighted by atomic mass is 9.52. The van der Waals surface area contributed by atoms with Crippen LogP contribution in [0.3, 0.4) is 0 Å². The fraction of sp³-hybridized carbons (Fsp3) is 0.875. The molecule has 6 rings (SSSR count). The monoisotopic (exact) mass is 274 g/mol. The Hall–Kier alpha value is -1.06. The highest BCUT2D eigenvalue weighted by Crippen LogP contribution is 2.59. The fourth-order valence-electron chi connectivity index (χ4n) is 6.26. The highest BCUT2D eigenvalue weighted by Gasteiger charge is 2.63. The molecule has 0 unspecified atom stereocenters. The number of nitrogens with one attached hydrogen (secondary N) is 1. The van der Waals surface area contributed by atoms with Crippen LogP contribution in [0, 0.1) is 17.8 Å². The zero-order valence-electron chi connectivity index (χ0n) is 11.9. The first-order chi connectivity index (χ1) is 9.60. The van der Waals surface area contributed by atoms with Crippen LogP contribution >= 0.6 is 0 Å². The minimum Gasteiger partial charge on any atom is -0.323 e. The molecule has 3 amide bonds. The van der Waals surface area contributed by atoms with Gasteiger partial charge in [0.25, 0.3) is 5.91 Å². The molecular weight excluding hydrogens is 252 g/mol. The van der Waals surface area contributed by atoms with Gasteiger partial charge in [-0.15, -0.1) is 0 Å². The van der Waals surface area contributed by atoms with Crippen molar-refractivity contribution in [1.82, 2.24) is 10.2 Å². The van der Waals surface area contributed by atoms with Crippen LogP contribution in [0.1, 0.15) is 57.8 Å². The number of hydrogen-bond acceptors (Lipinski definition) is 2. The average molecular weight is 274 g/mol. The molecule has 1 saturated heterocycles. The fourth-order valence-corrected chi connectivity index (χ4v) is 6.26. The minimum atomic E-state index is -0.500. The quantitative estimate of drug-likeness (QED) is 0.747. The van der Waals surface area contributed by atoms with Crippen LogP contribution in [-0.4, -0.2) is 27.9 Å². The largest absolute Gasteiger partial charge is 0.325 e. The van der Waals surface area contributed by atoms with Gasteiger partial charge in [0.2, 0.25) is 0 Å². The molecule has 4 nitrogen and oxygen atoms in total. The summed E-state index contributed by atoms with van der Waals surface area (Å²) in [5.41, 5.74) is -0.616. The van der Waals surface area contributed by atoms with Gasteiger partial charge in [-0.25, -0.2) is 4.79 Å². The zero-order chi connectivity index (χ0) is 13.5. The summed E-state index contributed by atoms with van der Waals surface area (Å²) >= 11 is 0. The number of rotatable bonds is 1. The maximum Gasteiger partial charge on any atom is 0.325 e. The zero-order valence-corrected chi connectivity index (χ0v) is 11.9. The van der Waals surface area contributed by atoms with Gasteiger partial charge in [-0.2, -0.15) is 0 Å². The molecule has 1 spiro atoms. The van der Waals surface area contributed by atoms with Gasteiger partial charge in [0.1, 0.15) is 5.54 Å². The van der Waals surface area contributed by atoms with E-state index in [0.29, 0.717) is 0 Å². The second-order valence-electron chi connectivity index (χ2n) is 8.15. The lowest BCUT2D eigenvalue weighted by Gasteiger charge is -2.59. The molecule has 6 fully saturated rings. The van der Waals surface area contributed by atoms with Crippen LogP contribution < -0.4 is 5.32 Å². The Morgan fingerprint density at radius 3 is 1.90 bits per heavy atom. The van der Waals surface area contributed by atoms with Crippen molar-refractivity contribution in [1.29, 1.82) is 0 Å². The van der Waals surface area contributed by atoms with Crippen LogP contribution in [-0.2, 0) is 4.79 Å². The second-order valence-corrected chi connectivity index (χ2v) is 8.15. The predicted molar refractivity (Wildman–Crippen MR) is 72.9 cm³/mol. The molecule has 1 heterocycles. The summed E-state index contributed by atoms with van der Waals surface area (Å²) in [4.78, 5) is 27.1. The Kier molecular flexibility index (Phi) is 1.97. The van der Waals surface area contributed by atoms with E-state index in [-0.39, 0.29) is 17.5 Å². The molecule has 5 aliphatic carbocycles. The molecule has 0 aromatic rings. The summed E-state index contributed by atoms with van der Waals surface area (Å²) in [6.45, 7) is 0.